The molecule has 0 aromatic heterocycles. The maximum atomic E-state index is 9.25. The Balaban J connectivity index is 1.45. The Kier molecular flexibility index (Phi) is 2.61. The molecular formula is C21H27N. The molecule has 0 aliphatic heterocycles. The SMILES string of the molecule is CC1=CCC2=C(CCC3C2CCC24C[C@@]2(CC#N)CCC34)C1. The first-order valence-corrected chi connectivity index (χ1v) is 9.42. The van der Waals surface area contributed by atoms with Crippen LogP contribution in [0.2, 0.25) is 0 Å². The van der Waals surface area contributed by atoms with Gasteiger partial charge >= 0.3 is 0 Å². The molecule has 1 nitrogen and oxygen atoms in total. The van der Waals surface area contributed by atoms with Gasteiger partial charge < -0.3 is 0 Å². The van der Waals surface area contributed by atoms with Crippen molar-refractivity contribution in [1.82, 2.24) is 0 Å². The third-order valence-electron chi connectivity index (χ3n) is 8.43. The van der Waals surface area contributed by atoms with Crippen molar-refractivity contribution in [2.24, 2.45) is 28.6 Å². The quantitative estimate of drug-likeness (QED) is 0.582. The highest BCUT2D eigenvalue weighted by atomic mass is 14.8. The molecule has 3 fully saturated rings. The number of hydrogen-bond acceptors (Lipinski definition) is 1. The predicted molar refractivity (Wildman–Crippen MR) is 87.9 cm³/mol. The summed E-state index contributed by atoms with van der Waals surface area (Å²) in [5.74, 6) is 2.82. The van der Waals surface area contributed by atoms with E-state index >= 15 is 0 Å². The van der Waals surface area contributed by atoms with Crippen LogP contribution >= 0.6 is 0 Å². The molecule has 1 heteroatoms. The monoisotopic (exact) mass is 293 g/mol. The summed E-state index contributed by atoms with van der Waals surface area (Å²) in [5.41, 5.74) is 6.35. The van der Waals surface area contributed by atoms with Gasteiger partial charge in [-0.05, 0) is 93.3 Å². The van der Waals surface area contributed by atoms with E-state index < -0.39 is 0 Å². The summed E-state index contributed by atoms with van der Waals surface area (Å²) >= 11 is 0. The van der Waals surface area contributed by atoms with Crippen LogP contribution < -0.4 is 0 Å². The lowest BCUT2D eigenvalue weighted by Gasteiger charge is -2.48. The summed E-state index contributed by atoms with van der Waals surface area (Å²) in [4.78, 5) is 0. The molecular weight excluding hydrogens is 266 g/mol. The molecule has 4 unspecified atom stereocenters. The van der Waals surface area contributed by atoms with Crippen LogP contribution in [0.3, 0.4) is 0 Å². The predicted octanol–water partition coefficient (Wildman–Crippen LogP) is 5.54. The van der Waals surface area contributed by atoms with E-state index in [9.17, 15) is 5.26 Å². The highest BCUT2D eigenvalue weighted by Crippen LogP contribution is 2.83. The molecule has 0 radical (unpaired) electrons. The zero-order valence-electron chi connectivity index (χ0n) is 13.8. The Morgan fingerprint density at radius 1 is 1.27 bits per heavy atom. The van der Waals surface area contributed by atoms with Crippen LogP contribution in [-0.4, -0.2) is 0 Å². The molecule has 0 amide bonds. The van der Waals surface area contributed by atoms with E-state index in [1.807, 2.05) is 11.1 Å². The summed E-state index contributed by atoms with van der Waals surface area (Å²) < 4.78 is 0. The maximum absolute atomic E-state index is 9.25. The minimum atomic E-state index is 0.467. The number of nitriles is 1. The molecule has 0 aromatic carbocycles. The molecule has 116 valence electrons. The first-order chi connectivity index (χ1) is 10.7. The van der Waals surface area contributed by atoms with Crippen LogP contribution in [0, 0.1) is 39.9 Å². The number of allylic oxidation sites excluding steroid dienone is 4. The highest BCUT2D eigenvalue weighted by molar-refractivity contribution is 5.35. The van der Waals surface area contributed by atoms with Crippen molar-refractivity contribution in [2.45, 2.75) is 71.1 Å². The van der Waals surface area contributed by atoms with Gasteiger partial charge in [0.2, 0.25) is 0 Å². The average Bonchev–Trinajstić information content (AvgIpc) is 3.02. The summed E-state index contributed by atoms with van der Waals surface area (Å²) in [5, 5.41) is 9.25. The van der Waals surface area contributed by atoms with E-state index in [1.54, 1.807) is 5.57 Å². The second-order valence-electron chi connectivity index (χ2n) is 9.00. The summed E-state index contributed by atoms with van der Waals surface area (Å²) in [6.07, 6.45) is 15.7. The minimum Gasteiger partial charge on any atom is -0.198 e. The summed E-state index contributed by atoms with van der Waals surface area (Å²) in [6, 6.07) is 2.52. The van der Waals surface area contributed by atoms with Crippen molar-refractivity contribution >= 4 is 0 Å². The van der Waals surface area contributed by atoms with Gasteiger partial charge in [0.05, 0.1) is 6.07 Å². The molecule has 22 heavy (non-hydrogen) atoms. The third-order valence-corrected chi connectivity index (χ3v) is 8.43. The van der Waals surface area contributed by atoms with E-state index in [1.165, 1.54) is 57.8 Å². The molecule has 1 spiro atoms. The zero-order chi connectivity index (χ0) is 14.9. The van der Waals surface area contributed by atoms with Gasteiger partial charge in [0.15, 0.2) is 0 Å². The van der Waals surface area contributed by atoms with Crippen LogP contribution in [0.1, 0.15) is 71.1 Å². The van der Waals surface area contributed by atoms with Gasteiger partial charge in [-0.1, -0.05) is 22.8 Å². The fourth-order valence-corrected chi connectivity index (χ4v) is 7.47. The third kappa shape index (κ3) is 1.50. The van der Waals surface area contributed by atoms with E-state index in [4.69, 9.17) is 0 Å². The molecule has 0 heterocycles. The Hall–Kier alpha value is -1.03. The highest BCUT2D eigenvalue weighted by Gasteiger charge is 2.75. The second-order valence-corrected chi connectivity index (χ2v) is 9.00. The molecule has 0 saturated heterocycles. The summed E-state index contributed by atoms with van der Waals surface area (Å²) in [6.45, 7) is 2.31. The Bertz CT molecular complexity index is 633. The second kappa shape index (κ2) is 4.28. The number of rotatable bonds is 1. The lowest BCUT2D eigenvalue weighted by atomic mass is 9.57. The topological polar surface area (TPSA) is 23.8 Å². The van der Waals surface area contributed by atoms with Crippen LogP contribution in [0.15, 0.2) is 22.8 Å². The average molecular weight is 293 g/mol. The van der Waals surface area contributed by atoms with Crippen LogP contribution in [0.5, 0.6) is 0 Å². The molecule has 5 aliphatic carbocycles. The van der Waals surface area contributed by atoms with Gasteiger partial charge in [0.25, 0.3) is 0 Å². The van der Waals surface area contributed by atoms with Crippen LogP contribution in [-0.2, 0) is 0 Å². The lowest BCUT2D eigenvalue weighted by molar-refractivity contribution is 0.0765. The van der Waals surface area contributed by atoms with E-state index in [0.717, 1.165) is 24.2 Å². The van der Waals surface area contributed by atoms with Gasteiger partial charge in [-0.15, -0.1) is 0 Å². The van der Waals surface area contributed by atoms with Crippen molar-refractivity contribution in [2.75, 3.05) is 0 Å². The normalized spacial score (nSPS) is 48.5. The molecule has 5 atom stereocenters. The number of hydrogen-bond donors (Lipinski definition) is 0. The van der Waals surface area contributed by atoms with Crippen molar-refractivity contribution in [3.05, 3.63) is 22.8 Å². The molecule has 5 aliphatic rings. The van der Waals surface area contributed by atoms with E-state index in [-0.39, 0.29) is 0 Å². The first-order valence-electron chi connectivity index (χ1n) is 9.42. The molecule has 0 bridgehead atoms. The van der Waals surface area contributed by atoms with Gasteiger partial charge in [0, 0.05) is 6.42 Å². The van der Waals surface area contributed by atoms with Gasteiger partial charge in [-0.2, -0.15) is 5.26 Å². The Labute approximate surface area is 134 Å². The van der Waals surface area contributed by atoms with Gasteiger partial charge in [-0.25, -0.2) is 0 Å². The van der Waals surface area contributed by atoms with Crippen molar-refractivity contribution < 1.29 is 0 Å². The number of fused-ring (bicyclic) bond motifs is 3. The largest absolute Gasteiger partial charge is 0.198 e. The van der Waals surface area contributed by atoms with Gasteiger partial charge in [0.1, 0.15) is 0 Å². The van der Waals surface area contributed by atoms with Crippen LogP contribution in [0.25, 0.3) is 0 Å². The van der Waals surface area contributed by atoms with Crippen molar-refractivity contribution in [1.29, 1.82) is 5.26 Å². The van der Waals surface area contributed by atoms with Gasteiger partial charge in [-0.3, -0.25) is 0 Å². The molecule has 0 N–H and O–H groups in total. The standard InChI is InChI=1S/C21H27N/c1-14-2-4-16-15(12-14)3-5-18-17(16)6-9-21-13-20(21,10-11-22)8-7-19(18)21/h2,17-19H,3-10,12-13H2,1H3/t17?,18?,19?,20-,21?/m0/s1. The van der Waals surface area contributed by atoms with Crippen LogP contribution in [0.4, 0.5) is 0 Å². The Morgan fingerprint density at radius 2 is 2.18 bits per heavy atom. The van der Waals surface area contributed by atoms with E-state index in [2.05, 4.69) is 19.1 Å². The smallest absolute Gasteiger partial charge is 0.0627 e. The fourth-order valence-electron chi connectivity index (χ4n) is 7.47. The first kappa shape index (κ1) is 13.4. The molecule has 3 saturated carbocycles. The van der Waals surface area contributed by atoms with Crippen molar-refractivity contribution in [3.8, 4) is 6.07 Å². The summed E-state index contributed by atoms with van der Waals surface area (Å²) in [7, 11) is 0. The van der Waals surface area contributed by atoms with Crippen molar-refractivity contribution in [3.63, 3.8) is 0 Å². The zero-order valence-corrected chi connectivity index (χ0v) is 13.8. The number of nitrogens with zero attached hydrogens (tertiary/aromatic N) is 1. The maximum Gasteiger partial charge on any atom is 0.0627 e. The molecule has 5 rings (SSSR count). The fraction of sp³-hybridized carbons (Fsp3) is 0.762. The lowest BCUT2D eigenvalue weighted by Crippen LogP contribution is -2.38. The Morgan fingerprint density at radius 3 is 3.05 bits per heavy atom. The molecule has 0 aromatic rings. The van der Waals surface area contributed by atoms with E-state index in [0.29, 0.717) is 10.8 Å². The minimum absolute atomic E-state index is 0.467.